The fourth-order valence-electron chi connectivity index (χ4n) is 4.24. The Hall–Kier alpha value is 0.340. The molecule has 2 atom stereocenters. The normalized spacial score (nSPS) is 13.1. The van der Waals surface area contributed by atoms with E-state index in [1.807, 2.05) is 0 Å². The van der Waals surface area contributed by atoms with E-state index in [9.17, 15) is 9.59 Å². The molecule has 0 aromatic rings. The van der Waals surface area contributed by atoms with Gasteiger partial charge in [-0.1, -0.05) is 164 Å². The molecule has 0 saturated carbocycles. The summed E-state index contributed by atoms with van der Waals surface area (Å²) in [6.07, 6.45) is 27.5. The van der Waals surface area contributed by atoms with Crippen molar-refractivity contribution in [3.05, 3.63) is 0 Å². The minimum atomic E-state index is -0.231. The van der Waals surface area contributed by atoms with Crippen molar-refractivity contribution in [3.8, 4) is 0 Å². The third kappa shape index (κ3) is 24.7. The minimum Gasteiger partial charge on any atom is -0.369 e. The number of hydrogen-bond acceptors (Lipinski definition) is 6. The molecule has 214 valence electrons. The Kier molecular flexibility index (Phi) is 28.6. The molecule has 36 heavy (non-hydrogen) atoms. The molecule has 4 N–H and O–H groups in total. The van der Waals surface area contributed by atoms with E-state index >= 15 is 0 Å². The quantitative estimate of drug-likeness (QED) is 0.0676. The standard InChI is InChI=1S/C28H56N2O2S4/c1-3-5-7-9-11-13-15-17-19-21-23-25(27(29)31)33-35-36-34-26(28(30)32)24-22-20-18-16-14-12-10-8-6-4-2/h25-26H,3-24H2,1-2H3,(H2,29,31)(H2,30,32). The molecule has 0 saturated heterocycles. The second-order valence-electron chi connectivity index (χ2n) is 10.1. The van der Waals surface area contributed by atoms with Crippen LogP contribution in [0.4, 0.5) is 0 Å². The van der Waals surface area contributed by atoms with Gasteiger partial charge in [0.25, 0.3) is 0 Å². The van der Waals surface area contributed by atoms with Crippen molar-refractivity contribution in [1.82, 2.24) is 0 Å². The van der Waals surface area contributed by atoms with Crippen molar-refractivity contribution < 1.29 is 9.59 Å². The van der Waals surface area contributed by atoms with E-state index in [4.69, 9.17) is 11.5 Å². The lowest BCUT2D eigenvalue weighted by atomic mass is 10.1. The zero-order chi connectivity index (χ0) is 26.7. The molecule has 0 aromatic carbocycles. The lowest BCUT2D eigenvalue weighted by Crippen LogP contribution is -2.25. The number of carbonyl (C=O) groups is 2. The van der Waals surface area contributed by atoms with Gasteiger partial charge in [0.2, 0.25) is 11.8 Å². The molecule has 0 radical (unpaired) electrons. The molecule has 2 unspecified atom stereocenters. The second kappa shape index (κ2) is 28.4. The number of nitrogens with two attached hydrogens (primary N) is 2. The van der Waals surface area contributed by atoms with Crippen LogP contribution < -0.4 is 11.5 Å². The monoisotopic (exact) mass is 580 g/mol. The van der Waals surface area contributed by atoms with E-state index in [0.717, 1.165) is 25.7 Å². The van der Waals surface area contributed by atoms with E-state index in [1.165, 1.54) is 137 Å². The minimum absolute atomic E-state index is 0.161. The molecular weight excluding hydrogens is 525 g/mol. The molecule has 0 spiro atoms. The summed E-state index contributed by atoms with van der Waals surface area (Å²) >= 11 is 0. The third-order valence-corrected chi connectivity index (χ3v) is 13.7. The van der Waals surface area contributed by atoms with Gasteiger partial charge in [0.15, 0.2) is 0 Å². The summed E-state index contributed by atoms with van der Waals surface area (Å²) in [7, 11) is 6.20. The summed E-state index contributed by atoms with van der Waals surface area (Å²) in [6.45, 7) is 4.51. The fraction of sp³-hybridized carbons (Fsp3) is 0.929. The summed E-state index contributed by atoms with van der Waals surface area (Å²) in [5, 5.41) is -0.322. The third-order valence-electron chi connectivity index (χ3n) is 6.61. The smallest absolute Gasteiger partial charge is 0.231 e. The van der Waals surface area contributed by atoms with Crippen LogP contribution in [0.1, 0.15) is 155 Å². The Morgan fingerprint density at radius 2 is 0.722 bits per heavy atom. The number of unbranched alkanes of at least 4 members (excludes halogenated alkanes) is 18. The molecule has 8 heteroatoms. The van der Waals surface area contributed by atoms with Crippen LogP contribution in [0.3, 0.4) is 0 Å². The van der Waals surface area contributed by atoms with Gasteiger partial charge in [-0.2, -0.15) is 0 Å². The van der Waals surface area contributed by atoms with E-state index in [1.54, 1.807) is 19.7 Å². The van der Waals surface area contributed by atoms with Crippen LogP contribution in [0.2, 0.25) is 0 Å². The highest BCUT2D eigenvalue weighted by molar-refractivity contribution is 9.26. The highest BCUT2D eigenvalue weighted by Crippen LogP contribution is 2.48. The van der Waals surface area contributed by atoms with Crippen molar-refractivity contribution in [2.24, 2.45) is 11.5 Å². The van der Waals surface area contributed by atoms with E-state index in [0.29, 0.717) is 0 Å². The highest BCUT2D eigenvalue weighted by atomic mass is 33.7. The van der Waals surface area contributed by atoms with Gasteiger partial charge in [-0.3, -0.25) is 9.59 Å². The first-order valence-electron chi connectivity index (χ1n) is 14.8. The Labute approximate surface area is 238 Å². The first-order chi connectivity index (χ1) is 17.5. The molecule has 0 bridgehead atoms. The number of amides is 2. The van der Waals surface area contributed by atoms with Gasteiger partial charge in [-0.25, -0.2) is 0 Å². The average molecular weight is 581 g/mol. The molecule has 0 aliphatic heterocycles. The van der Waals surface area contributed by atoms with Gasteiger partial charge >= 0.3 is 0 Å². The molecule has 0 rings (SSSR count). The summed E-state index contributed by atoms with van der Waals surface area (Å²) < 4.78 is 0. The zero-order valence-corrected chi connectivity index (χ0v) is 26.6. The van der Waals surface area contributed by atoms with Crippen molar-refractivity contribution >= 4 is 53.1 Å². The molecule has 0 aliphatic carbocycles. The maximum absolute atomic E-state index is 11.8. The van der Waals surface area contributed by atoms with Crippen LogP contribution in [-0.2, 0) is 9.59 Å². The van der Waals surface area contributed by atoms with Gasteiger partial charge in [0, 0.05) is 0 Å². The maximum atomic E-state index is 11.8. The topological polar surface area (TPSA) is 86.2 Å². The van der Waals surface area contributed by atoms with E-state index in [-0.39, 0.29) is 22.3 Å². The van der Waals surface area contributed by atoms with Gasteiger partial charge in [-0.15, -0.1) is 0 Å². The number of primary amides is 2. The Balaban J connectivity index is 3.81. The molecule has 4 nitrogen and oxygen atoms in total. The maximum Gasteiger partial charge on any atom is 0.231 e. The number of carbonyl (C=O) groups excluding carboxylic acids is 2. The van der Waals surface area contributed by atoms with E-state index < -0.39 is 0 Å². The van der Waals surface area contributed by atoms with Crippen molar-refractivity contribution in [3.63, 3.8) is 0 Å². The zero-order valence-electron chi connectivity index (χ0n) is 23.3. The Bertz CT molecular complexity index is 468. The summed E-state index contributed by atoms with van der Waals surface area (Å²) in [5.74, 6) is -0.461. The predicted molar refractivity (Wildman–Crippen MR) is 169 cm³/mol. The first-order valence-corrected chi connectivity index (χ1v) is 19.7. The lowest BCUT2D eigenvalue weighted by Gasteiger charge is -2.14. The van der Waals surface area contributed by atoms with Gasteiger partial charge < -0.3 is 11.5 Å². The molecule has 0 heterocycles. The SMILES string of the molecule is CCCCCCCCCCCCC(SSSSC(CCCCCCCCCCCC)C(N)=O)C(N)=O. The average Bonchev–Trinajstić information content (AvgIpc) is 2.85. The largest absolute Gasteiger partial charge is 0.369 e. The van der Waals surface area contributed by atoms with Crippen molar-refractivity contribution in [1.29, 1.82) is 0 Å². The molecule has 0 aromatic heterocycles. The number of rotatable bonds is 29. The molecule has 2 amide bonds. The van der Waals surface area contributed by atoms with Gasteiger partial charge in [-0.05, 0) is 32.5 Å². The number of hydrogen-bond donors (Lipinski definition) is 2. The fourth-order valence-corrected chi connectivity index (χ4v) is 11.1. The predicted octanol–water partition coefficient (Wildman–Crippen LogP) is 9.99. The molecule has 0 fully saturated rings. The van der Waals surface area contributed by atoms with Crippen LogP contribution in [0.15, 0.2) is 0 Å². The van der Waals surface area contributed by atoms with Gasteiger partial charge in [0.1, 0.15) is 0 Å². The molecular formula is C28H56N2O2S4. The van der Waals surface area contributed by atoms with Crippen molar-refractivity contribution in [2.45, 2.75) is 166 Å². The summed E-state index contributed by atoms with van der Waals surface area (Å²) in [4.78, 5) is 23.7. The van der Waals surface area contributed by atoms with Crippen LogP contribution in [-0.4, -0.2) is 22.3 Å². The Morgan fingerprint density at radius 1 is 0.472 bits per heavy atom. The lowest BCUT2D eigenvalue weighted by molar-refractivity contribution is -0.118. The first kappa shape index (κ1) is 36.3. The molecule has 0 aliphatic rings. The summed E-state index contributed by atoms with van der Waals surface area (Å²) in [5.41, 5.74) is 11.3. The van der Waals surface area contributed by atoms with E-state index in [2.05, 4.69) is 13.8 Å². The van der Waals surface area contributed by atoms with Crippen LogP contribution >= 0.6 is 41.2 Å². The van der Waals surface area contributed by atoms with Gasteiger partial charge in [0.05, 0.1) is 10.5 Å². The second-order valence-corrected chi connectivity index (χ2v) is 16.3. The summed E-state index contributed by atoms with van der Waals surface area (Å²) in [6, 6.07) is 0. The Morgan fingerprint density at radius 3 is 0.972 bits per heavy atom. The van der Waals surface area contributed by atoms with Crippen LogP contribution in [0, 0.1) is 0 Å². The van der Waals surface area contributed by atoms with Crippen LogP contribution in [0.25, 0.3) is 0 Å². The van der Waals surface area contributed by atoms with Crippen molar-refractivity contribution in [2.75, 3.05) is 0 Å². The van der Waals surface area contributed by atoms with Crippen LogP contribution in [0.5, 0.6) is 0 Å². The highest BCUT2D eigenvalue weighted by Gasteiger charge is 2.19.